The lowest BCUT2D eigenvalue weighted by molar-refractivity contribution is 0.591. The van der Waals surface area contributed by atoms with Crippen molar-refractivity contribution >= 4 is 21.4 Å². The zero-order valence-corrected chi connectivity index (χ0v) is 11.0. The first-order valence-corrected chi connectivity index (χ1v) is 7.57. The van der Waals surface area contributed by atoms with Gasteiger partial charge in [0.05, 0.1) is 10.8 Å². The summed E-state index contributed by atoms with van der Waals surface area (Å²) >= 11 is 5.89. The summed E-state index contributed by atoms with van der Waals surface area (Å²) in [5.74, 6) is -0.263. The van der Waals surface area contributed by atoms with Crippen molar-refractivity contribution in [3.8, 4) is 0 Å². The van der Waals surface area contributed by atoms with E-state index >= 15 is 0 Å². The van der Waals surface area contributed by atoms with Crippen molar-refractivity contribution in [2.24, 2.45) is 11.5 Å². The summed E-state index contributed by atoms with van der Waals surface area (Å²) in [7, 11) is -3.21. The first-order chi connectivity index (χ1) is 7.80. The van der Waals surface area contributed by atoms with Gasteiger partial charge in [-0.2, -0.15) is 0 Å². The summed E-state index contributed by atoms with van der Waals surface area (Å²) in [6, 6.07) is 7.10. The molecule has 0 aromatic heterocycles. The molecule has 0 aliphatic heterocycles. The summed E-state index contributed by atoms with van der Waals surface area (Å²) in [4.78, 5) is 0. The number of hydrogen-bond donors (Lipinski definition) is 2. The maximum absolute atomic E-state index is 11.7. The standard InChI is InChI=1S/C11H15ClN2O2S/c1-17(15,16)10-9(11(10,14)6-13)7-3-2-4-8(12)5-7/h2-5,9-10H,6,13-14H2,1H3/t9-,10-,11-/m0/s1. The van der Waals surface area contributed by atoms with Crippen molar-refractivity contribution in [3.63, 3.8) is 0 Å². The van der Waals surface area contributed by atoms with Gasteiger partial charge in [0.25, 0.3) is 0 Å². The molecule has 4 N–H and O–H groups in total. The fourth-order valence-electron chi connectivity index (χ4n) is 2.50. The highest BCUT2D eigenvalue weighted by molar-refractivity contribution is 7.91. The molecule has 1 saturated carbocycles. The van der Waals surface area contributed by atoms with Crippen molar-refractivity contribution in [3.05, 3.63) is 34.9 Å². The van der Waals surface area contributed by atoms with Crippen LogP contribution in [0.25, 0.3) is 0 Å². The van der Waals surface area contributed by atoms with Crippen LogP contribution in [-0.2, 0) is 9.84 Å². The molecule has 0 unspecified atom stereocenters. The Morgan fingerprint density at radius 1 is 1.47 bits per heavy atom. The predicted octanol–water partition coefficient (Wildman–Crippen LogP) is 0.507. The molecule has 2 rings (SSSR count). The van der Waals surface area contributed by atoms with Gasteiger partial charge in [-0.1, -0.05) is 23.7 Å². The molecular formula is C11H15ClN2O2S. The van der Waals surface area contributed by atoms with Crippen LogP contribution in [0, 0.1) is 0 Å². The van der Waals surface area contributed by atoms with Crippen molar-refractivity contribution in [1.29, 1.82) is 0 Å². The van der Waals surface area contributed by atoms with E-state index in [1.807, 2.05) is 6.07 Å². The number of rotatable bonds is 3. The van der Waals surface area contributed by atoms with Crippen LogP contribution in [0.5, 0.6) is 0 Å². The van der Waals surface area contributed by atoms with Gasteiger partial charge < -0.3 is 11.5 Å². The minimum absolute atomic E-state index is 0.141. The summed E-state index contributed by atoms with van der Waals surface area (Å²) in [6.45, 7) is 0.141. The van der Waals surface area contributed by atoms with E-state index in [0.29, 0.717) is 5.02 Å². The number of benzene rings is 1. The third-order valence-corrected chi connectivity index (χ3v) is 5.19. The molecule has 0 saturated heterocycles. The summed E-state index contributed by atoms with van der Waals surface area (Å²) in [5.41, 5.74) is 11.6. The molecule has 1 aliphatic carbocycles. The fourth-order valence-corrected chi connectivity index (χ4v) is 4.56. The molecule has 17 heavy (non-hydrogen) atoms. The molecule has 3 atom stereocenters. The minimum Gasteiger partial charge on any atom is -0.329 e. The van der Waals surface area contributed by atoms with Crippen LogP contribution in [0.3, 0.4) is 0 Å². The highest BCUT2D eigenvalue weighted by Crippen LogP contribution is 2.53. The third kappa shape index (κ3) is 2.08. The predicted molar refractivity (Wildman–Crippen MR) is 68.8 cm³/mol. The third-order valence-electron chi connectivity index (χ3n) is 3.32. The van der Waals surface area contributed by atoms with E-state index in [0.717, 1.165) is 5.56 Å². The topological polar surface area (TPSA) is 86.2 Å². The first-order valence-electron chi connectivity index (χ1n) is 5.24. The molecule has 0 spiro atoms. The van der Waals surface area contributed by atoms with E-state index in [1.165, 1.54) is 6.26 Å². The maximum Gasteiger partial charge on any atom is 0.152 e. The second-order valence-corrected chi connectivity index (χ2v) is 7.20. The minimum atomic E-state index is -3.21. The molecule has 0 bridgehead atoms. The smallest absolute Gasteiger partial charge is 0.152 e. The Labute approximate surface area is 106 Å². The normalized spacial score (nSPS) is 32.5. The Hall–Kier alpha value is -0.620. The largest absolute Gasteiger partial charge is 0.329 e. The molecule has 1 aliphatic rings. The van der Waals surface area contributed by atoms with Crippen LogP contribution < -0.4 is 11.5 Å². The lowest BCUT2D eigenvalue weighted by atomic mass is 10.1. The van der Waals surface area contributed by atoms with Crippen LogP contribution in [0.4, 0.5) is 0 Å². The van der Waals surface area contributed by atoms with Gasteiger partial charge in [-0.3, -0.25) is 0 Å². The first kappa shape index (κ1) is 12.8. The number of nitrogens with two attached hydrogens (primary N) is 2. The molecule has 94 valence electrons. The highest BCUT2D eigenvalue weighted by Gasteiger charge is 2.67. The fraction of sp³-hybridized carbons (Fsp3) is 0.455. The van der Waals surface area contributed by atoms with Gasteiger partial charge in [-0.25, -0.2) is 8.42 Å². The van der Waals surface area contributed by atoms with E-state index in [2.05, 4.69) is 0 Å². The van der Waals surface area contributed by atoms with Gasteiger partial charge in [0.15, 0.2) is 9.84 Å². The van der Waals surface area contributed by atoms with Gasteiger partial charge in [0.1, 0.15) is 0 Å². The second kappa shape index (κ2) is 3.95. The Morgan fingerprint density at radius 3 is 2.53 bits per heavy atom. The summed E-state index contributed by atoms with van der Waals surface area (Å²) < 4.78 is 23.3. The molecule has 4 nitrogen and oxygen atoms in total. The van der Waals surface area contributed by atoms with Crippen LogP contribution in [0.1, 0.15) is 11.5 Å². The average Bonchev–Trinajstić information content (AvgIpc) is 2.86. The molecule has 6 heteroatoms. The lowest BCUT2D eigenvalue weighted by Gasteiger charge is -2.07. The Morgan fingerprint density at radius 2 is 2.12 bits per heavy atom. The van der Waals surface area contributed by atoms with Gasteiger partial charge in [0, 0.05) is 23.7 Å². The van der Waals surface area contributed by atoms with Crippen LogP contribution in [0.15, 0.2) is 24.3 Å². The monoisotopic (exact) mass is 274 g/mol. The summed E-state index contributed by atoms with van der Waals surface area (Å²) in [6.07, 6.45) is 1.19. The average molecular weight is 275 g/mol. The Bertz CT molecular complexity index is 546. The maximum atomic E-state index is 11.7. The molecule has 0 amide bonds. The zero-order chi connectivity index (χ0) is 12.8. The van der Waals surface area contributed by atoms with Gasteiger partial charge in [-0.05, 0) is 17.7 Å². The van der Waals surface area contributed by atoms with Gasteiger partial charge in [-0.15, -0.1) is 0 Å². The molecule has 1 fully saturated rings. The molecule has 1 aromatic rings. The van der Waals surface area contributed by atoms with Crippen molar-refractivity contribution in [2.75, 3.05) is 12.8 Å². The number of sulfone groups is 1. The molecule has 0 radical (unpaired) electrons. The van der Waals surface area contributed by atoms with Gasteiger partial charge in [0.2, 0.25) is 0 Å². The molecular weight excluding hydrogens is 260 g/mol. The lowest BCUT2D eigenvalue weighted by Crippen LogP contribution is -2.38. The Balaban J connectivity index is 2.41. The SMILES string of the molecule is CS(=O)(=O)[C@H]1[C@H](c2cccc(Cl)c2)[C@@]1(N)CN. The van der Waals surface area contributed by atoms with E-state index in [-0.39, 0.29) is 12.5 Å². The van der Waals surface area contributed by atoms with E-state index < -0.39 is 20.6 Å². The van der Waals surface area contributed by atoms with Crippen LogP contribution in [0.2, 0.25) is 5.02 Å². The van der Waals surface area contributed by atoms with Crippen molar-refractivity contribution < 1.29 is 8.42 Å². The zero-order valence-electron chi connectivity index (χ0n) is 9.43. The van der Waals surface area contributed by atoms with Gasteiger partial charge >= 0.3 is 0 Å². The molecule has 0 heterocycles. The van der Waals surface area contributed by atoms with E-state index in [1.54, 1.807) is 18.2 Å². The van der Waals surface area contributed by atoms with Crippen molar-refractivity contribution in [2.45, 2.75) is 16.7 Å². The van der Waals surface area contributed by atoms with E-state index in [4.69, 9.17) is 23.1 Å². The second-order valence-electron chi connectivity index (χ2n) is 4.60. The Kier molecular flexibility index (Phi) is 2.98. The highest BCUT2D eigenvalue weighted by atomic mass is 35.5. The quantitative estimate of drug-likeness (QED) is 0.841. The van der Waals surface area contributed by atoms with E-state index in [9.17, 15) is 8.42 Å². The summed E-state index contributed by atoms with van der Waals surface area (Å²) in [5, 5.41) is -0.0421. The van der Waals surface area contributed by atoms with Crippen LogP contribution in [-0.4, -0.2) is 32.0 Å². The number of halogens is 1. The van der Waals surface area contributed by atoms with Crippen molar-refractivity contribution in [1.82, 2.24) is 0 Å². The van der Waals surface area contributed by atoms with Crippen LogP contribution >= 0.6 is 11.6 Å². The molecule has 1 aromatic carbocycles. The number of hydrogen-bond acceptors (Lipinski definition) is 4.